The van der Waals surface area contributed by atoms with Crippen molar-refractivity contribution in [3.8, 4) is 0 Å². The molecule has 3 heterocycles. The van der Waals surface area contributed by atoms with Crippen LogP contribution in [0, 0.1) is 0 Å². The zero-order valence-corrected chi connectivity index (χ0v) is 11.0. The summed E-state index contributed by atoms with van der Waals surface area (Å²) in [5.41, 5.74) is 6.90. The number of nitrogens with zero attached hydrogens (tertiary/aromatic N) is 3. The van der Waals surface area contributed by atoms with Crippen LogP contribution in [0.4, 0.5) is 5.69 Å². The highest BCUT2D eigenvalue weighted by molar-refractivity contribution is 6.30. The van der Waals surface area contributed by atoms with Crippen LogP contribution in [0.15, 0.2) is 12.4 Å². The minimum Gasteiger partial charge on any atom is -0.397 e. The summed E-state index contributed by atoms with van der Waals surface area (Å²) < 4.78 is 6.85. The number of hydrogen-bond donors (Lipinski definition) is 4. The van der Waals surface area contributed by atoms with Crippen molar-refractivity contribution in [1.29, 1.82) is 0 Å². The van der Waals surface area contributed by atoms with Gasteiger partial charge in [0.2, 0.25) is 0 Å². The number of rotatable bonds is 2. The molecule has 0 aliphatic carbocycles. The minimum atomic E-state index is -1.22. The molecule has 4 atom stereocenters. The number of hydrogen-bond acceptors (Lipinski definition) is 7. The molecule has 9 heteroatoms. The average molecular weight is 301 g/mol. The van der Waals surface area contributed by atoms with Gasteiger partial charge in [0.25, 0.3) is 0 Å². The lowest BCUT2D eigenvalue weighted by Crippen LogP contribution is -2.33. The van der Waals surface area contributed by atoms with Crippen molar-refractivity contribution in [2.45, 2.75) is 24.5 Å². The fourth-order valence-corrected chi connectivity index (χ4v) is 2.49. The van der Waals surface area contributed by atoms with Crippen molar-refractivity contribution in [3.63, 3.8) is 0 Å². The summed E-state index contributed by atoms with van der Waals surface area (Å²) in [5.74, 6) is 0. The number of ether oxygens (including phenoxy) is 1. The Kier molecular flexibility index (Phi) is 3.27. The third kappa shape index (κ3) is 1.93. The van der Waals surface area contributed by atoms with Crippen LogP contribution in [0.2, 0.25) is 5.15 Å². The van der Waals surface area contributed by atoms with Crippen LogP contribution in [0.1, 0.15) is 6.23 Å². The molecule has 1 aliphatic rings. The number of imidazole rings is 1. The quantitative estimate of drug-likeness (QED) is 0.539. The number of halogens is 1. The van der Waals surface area contributed by atoms with Crippen LogP contribution in [0.3, 0.4) is 0 Å². The Hall–Kier alpha value is -1.45. The summed E-state index contributed by atoms with van der Waals surface area (Å²) in [5, 5.41) is 29.0. The Bertz CT molecular complexity index is 649. The molecule has 1 fully saturated rings. The van der Waals surface area contributed by atoms with Gasteiger partial charge < -0.3 is 25.8 Å². The van der Waals surface area contributed by atoms with Gasteiger partial charge in [0.15, 0.2) is 11.9 Å². The number of aromatic nitrogens is 3. The summed E-state index contributed by atoms with van der Waals surface area (Å²) in [6.45, 7) is -0.405. The molecule has 0 radical (unpaired) electrons. The second-order valence-corrected chi connectivity index (χ2v) is 4.97. The van der Waals surface area contributed by atoms with Crippen molar-refractivity contribution < 1.29 is 20.1 Å². The van der Waals surface area contributed by atoms with E-state index in [-0.39, 0.29) is 5.15 Å². The number of anilines is 1. The SMILES string of the molecule is Nc1cc(Cl)nc2c1ncn2[C@@H]1O[C@H](CO)C(O)C1O. The maximum absolute atomic E-state index is 10.0. The molecule has 1 saturated heterocycles. The smallest absolute Gasteiger partial charge is 0.165 e. The highest BCUT2D eigenvalue weighted by atomic mass is 35.5. The minimum absolute atomic E-state index is 0.184. The van der Waals surface area contributed by atoms with Crippen LogP contribution in [-0.4, -0.2) is 54.8 Å². The standard InChI is InChI=1S/C11H13ClN4O4/c12-6-1-4(13)7-10(15-6)16(3-14-7)11-9(19)8(18)5(2-17)20-11/h1,3,5,8-9,11,17-19H,2H2,(H2,13,15)/t5-,8?,9?,11-/m1/s1. The molecular weight excluding hydrogens is 288 g/mol. The van der Waals surface area contributed by atoms with Crippen LogP contribution in [-0.2, 0) is 4.74 Å². The molecule has 0 bridgehead atoms. The number of fused-ring (bicyclic) bond motifs is 1. The second kappa shape index (κ2) is 4.83. The average Bonchev–Trinajstić information content (AvgIpc) is 2.93. The first-order chi connectivity index (χ1) is 9.52. The molecule has 8 nitrogen and oxygen atoms in total. The van der Waals surface area contributed by atoms with E-state index in [0.717, 1.165) is 0 Å². The summed E-state index contributed by atoms with van der Waals surface area (Å²) >= 11 is 5.86. The summed E-state index contributed by atoms with van der Waals surface area (Å²) in [6.07, 6.45) is -2.81. The van der Waals surface area contributed by atoms with E-state index >= 15 is 0 Å². The Labute approximate surface area is 118 Å². The van der Waals surface area contributed by atoms with Gasteiger partial charge in [-0.2, -0.15) is 0 Å². The summed E-state index contributed by atoms with van der Waals surface area (Å²) in [4.78, 5) is 8.20. The van der Waals surface area contributed by atoms with Gasteiger partial charge in [-0.3, -0.25) is 4.57 Å². The lowest BCUT2D eigenvalue weighted by atomic mass is 10.1. The molecule has 2 aromatic heterocycles. The van der Waals surface area contributed by atoms with Crippen molar-refractivity contribution in [1.82, 2.24) is 14.5 Å². The summed E-state index contributed by atoms with van der Waals surface area (Å²) in [6, 6.07) is 1.47. The number of aliphatic hydroxyl groups is 3. The van der Waals surface area contributed by atoms with Gasteiger partial charge in [0.05, 0.1) is 18.6 Å². The van der Waals surface area contributed by atoms with Gasteiger partial charge in [-0.1, -0.05) is 11.6 Å². The Morgan fingerprint density at radius 2 is 2.15 bits per heavy atom. The predicted molar refractivity (Wildman–Crippen MR) is 70.0 cm³/mol. The normalized spacial score (nSPS) is 30.2. The molecule has 0 saturated carbocycles. The highest BCUT2D eigenvalue weighted by Crippen LogP contribution is 2.32. The van der Waals surface area contributed by atoms with Gasteiger partial charge >= 0.3 is 0 Å². The molecule has 20 heavy (non-hydrogen) atoms. The zero-order chi connectivity index (χ0) is 14.4. The molecule has 0 aromatic carbocycles. The van der Waals surface area contributed by atoms with Crippen molar-refractivity contribution in [2.24, 2.45) is 0 Å². The molecule has 2 unspecified atom stereocenters. The van der Waals surface area contributed by atoms with Gasteiger partial charge in [0.1, 0.15) is 29.0 Å². The molecule has 2 aromatic rings. The van der Waals surface area contributed by atoms with E-state index < -0.39 is 31.1 Å². The topological polar surface area (TPSA) is 127 Å². The highest BCUT2D eigenvalue weighted by Gasteiger charge is 2.43. The second-order valence-electron chi connectivity index (χ2n) is 4.59. The number of aliphatic hydroxyl groups excluding tert-OH is 3. The van der Waals surface area contributed by atoms with Crippen LogP contribution < -0.4 is 5.73 Å². The Morgan fingerprint density at radius 1 is 1.40 bits per heavy atom. The zero-order valence-electron chi connectivity index (χ0n) is 10.2. The van der Waals surface area contributed by atoms with E-state index in [0.29, 0.717) is 16.9 Å². The largest absolute Gasteiger partial charge is 0.397 e. The van der Waals surface area contributed by atoms with Crippen molar-refractivity contribution in [2.75, 3.05) is 12.3 Å². The van der Waals surface area contributed by atoms with Crippen LogP contribution in [0.5, 0.6) is 0 Å². The molecule has 5 N–H and O–H groups in total. The first-order valence-electron chi connectivity index (χ1n) is 5.94. The van der Waals surface area contributed by atoms with E-state index in [1.807, 2.05) is 0 Å². The van der Waals surface area contributed by atoms with Crippen molar-refractivity contribution >= 4 is 28.5 Å². The first-order valence-corrected chi connectivity index (χ1v) is 6.31. The van der Waals surface area contributed by atoms with Gasteiger partial charge in [-0.25, -0.2) is 9.97 Å². The maximum Gasteiger partial charge on any atom is 0.165 e. The molecule has 108 valence electrons. The lowest BCUT2D eigenvalue weighted by Gasteiger charge is -2.16. The Balaban J connectivity index is 2.07. The Morgan fingerprint density at radius 3 is 2.80 bits per heavy atom. The third-order valence-electron chi connectivity index (χ3n) is 3.32. The molecule has 3 rings (SSSR count). The van der Waals surface area contributed by atoms with Gasteiger partial charge in [0, 0.05) is 6.07 Å². The van der Waals surface area contributed by atoms with Crippen LogP contribution in [0.25, 0.3) is 11.2 Å². The van der Waals surface area contributed by atoms with Gasteiger partial charge in [-0.15, -0.1) is 0 Å². The maximum atomic E-state index is 10.0. The van der Waals surface area contributed by atoms with E-state index in [1.165, 1.54) is 17.0 Å². The van der Waals surface area contributed by atoms with Gasteiger partial charge in [-0.05, 0) is 0 Å². The van der Waals surface area contributed by atoms with E-state index in [9.17, 15) is 10.2 Å². The van der Waals surface area contributed by atoms with Crippen LogP contribution >= 0.6 is 11.6 Å². The third-order valence-corrected chi connectivity index (χ3v) is 3.51. The number of pyridine rings is 1. The molecular formula is C11H13ClN4O4. The fourth-order valence-electron chi connectivity index (χ4n) is 2.30. The lowest BCUT2D eigenvalue weighted by molar-refractivity contribution is -0.0511. The molecule has 1 aliphatic heterocycles. The first kappa shape index (κ1) is 13.5. The number of nitrogen functional groups attached to an aromatic ring is 1. The monoisotopic (exact) mass is 300 g/mol. The predicted octanol–water partition coefficient (Wildman–Crippen LogP) is -0.722. The molecule has 0 amide bonds. The molecule has 0 spiro atoms. The van der Waals surface area contributed by atoms with E-state index in [1.54, 1.807) is 0 Å². The number of nitrogens with two attached hydrogens (primary N) is 1. The fraction of sp³-hybridized carbons (Fsp3) is 0.455. The van der Waals surface area contributed by atoms with E-state index in [2.05, 4.69) is 9.97 Å². The van der Waals surface area contributed by atoms with E-state index in [4.69, 9.17) is 27.2 Å². The summed E-state index contributed by atoms with van der Waals surface area (Å²) in [7, 11) is 0. The van der Waals surface area contributed by atoms with Crippen molar-refractivity contribution in [3.05, 3.63) is 17.5 Å².